The van der Waals surface area contributed by atoms with E-state index < -0.39 is 21.8 Å². The highest BCUT2D eigenvalue weighted by atomic mass is 35.5. The molecule has 0 radical (unpaired) electrons. The highest BCUT2D eigenvalue weighted by Crippen LogP contribution is 2.17. The topological polar surface area (TPSA) is 94.6 Å². The number of nitrogens with zero attached hydrogens (tertiary/aromatic N) is 1. The van der Waals surface area contributed by atoms with Crippen LogP contribution in [-0.4, -0.2) is 44.5 Å². The van der Waals surface area contributed by atoms with Crippen molar-refractivity contribution in [2.75, 3.05) is 19.4 Å². The average molecular weight is 407 g/mol. The zero-order chi connectivity index (χ0) is 20.0. The first kappa shape index (κ1) is 22.7. The molecule has 0 saturated heterocycles. The Morgan fingerprint density at radius 3 is 2.62 bits per heavy atom. The molecule has 0 bridgehead atoms. The molecular weight excluding hydrogens is 380 g/mol. The summed E-state index contributed by atoms with van der Waals surface area (Å²) in [4.78, 5) is 16.1. The average Bonchev–Trinajstić information content (AvgIpc) is 2.45. The Hall–Kier alpha value is -1.38. The van der Waals surface area contributed by atoms with Crippen LogP contribution in [0, 0.1) is 5.92 Å². The van der Waals surface area contributed by atoms with Crippen molar-refractivity contribution in [3.8, 4) is 0 Å². The van der Waals surface area contributed by atoms with E-state index in [0.29, 0.717) is 24.4 Å². The molecule has 0 aliphatic heterocycles. The lowest BCUT2D eigenvalue weighted by Crippen LogP contribution is -2.35. The van der Waals surface area contributed by atoms with E-state index in [1.807, 2.05) is 6.92 Å². The van der Waals surface area contributed by atoms with Crippen LogP contribution >= 0.6 is 11.6 Å². The summed E-state index contributed by atoms with van der Waals surface area (Å²) in [6, 6.07) is 1.75. The predicted octanol–water partition coefficient (Wildman–Crippen LogP) is 2.96. The number of hydrogen-bond donors (Lipinski definition) is 1. The monoisotopic (exact) mass is 406 g/mol. The first-order chi connectivity index (χ1) is 11.9. The Balaban J connectivity index is 2.63. The summed E-state index contributed by atoms with van der Waals surface area (Å²) < 4.78 is 32.2. The first-order valence-corrected chi connectivity index (χ1v) is 10.5. The van der Waals surface area contributed by atoms with Crippen molar-refractivity contribution >= 4 is 27.8 Å². The number of alkyl carbamates (subject to hydrolysis) is 1. The van der Waals surface area contributed by atoms with Gasteiger partial charge in [0, 0.05) is 18.4 Å². The highest BCUT2D eigenvalue weighted by Gasteiger charge is 2.17. The molecule has 1 N–H and O–H groups in total. The Morgan fingerprint density at radius 2 is 2.04 bits per heavy atom. The smallest absolute Gasteiger partial charge is 0.407 e. The number of ether oxygens (including phenoxy) is 1. The minimum Gasteiger partial charge on any atom is -0.444 e. The summed E-state index contributed by atoms with van der Waals surface area (Å²) in [6.07, 6.45) is 3.07. The van der Waals surface area contributed by atoms with Gasteiger partial charge in [0.05, 0.1) is 17.9 Å². The van der Waals surface area contributed by atoms with Crippen molar-refractivity contribution in [3.63, 3.8) is 0 Å². The first-order valence-electron chi connectivity index (χ1n) is 8.30. The van der Waals surface area contributed by atoms with Crippen molar-refractivity contribution < 1.29 is 22.1 Å². The number of rotatable bonds is 8. The molecule has 1 heterocycles. The van der Waals surface area contributed by atoms with Gasteiger partial charge in [0.25, 0.3) is 10.1 Å². The molecule has 0 saturated carbocycles. The maximum absolute atomic E-state index is 11.7. The van der Waals surface area contributed by atoms with E-state index in [2.05, 4.69) is 10.3 Å². The van der Waals surface area contributed by atoms with Crippen LogP contribution < -0.4 is 5.32 Å². The number of aromatic nitrogens is 1. The van der Waals surface area contributed by atoms with Crippen LogP contribution in [0.5, 0.6) is 0 Å². The van der Waals surface area contributed by atoms with E-state index in [-0.39, 0.29) is 12.5 Å². The molecule has 9 heteroatoms. The normalized spacial score (nSPS) is 13.3. The van der Waals surface area contributed by atoms with Crippen molar-refractivity contribution in [1.82, 2.24) is 10.3 Å². The van der Waals surface area contributed by atoms with E-state index in [0.717, 1.165) is 17.5 Å². The summed E-state index contributed by atoms with van der Waals surface area (Å²) >= 11 is 5.99. The number of carbonyl (C=O) groups is 1. The molecule has 7 nitrogen and oxygen atoms in total. The molecular formula is C17H27ClN2O5S. The van der Waals surface area contributed by atoms with E-state index in [1.54, 1.807) is 33.0 Å². The van der Waals surface area contributed by atoms with Gasteiger partial charge in [0.2, 0.25) is 0 Å². The third kappa shape index (κ3) is 9.94. The molecule has 0 spiro atoms. The number of hydrogen-bond acceptors (Lipinski definition) is 6. The third-order valence-corrected chi connectivity index (χ3v) is 4.03. The lowest BCUT2D eigenvalue weighted by atomic mass is 10.0. The fourth-order valence-corrected chi connectivity index (χ4v) is 2.75. The van der Waals surface area contributed by atoms with E-state index >= 15 is 0 Å². The van der Waals surface area contributed by atoms with Crippen molar-refractivity contribution in [2.45, 2.75) is 46.1 Å². The minimum atomic E-state index is -3.49. The van der Waals surface area contributed by atoms with Crippen molar-refractivity contribution in [3.05, 3.63) is 28.5 Å². The number of pyridine rings is 1. The van der Waals surface area contributed by atoms with E-state index in [1.165, 1.54) is 0 Å². The van der Waals surface area contributed by atoms with Gasteiger partial charge in [0.1, 0.15) is 5.60 Å². The van der Waals surface area contributed by atoms with Gasteiger partial charge in [-0.1, -0.05) is 18.5 Å². The molecule has 0 fully saturated rings. The fraction of sp³-hybridized carbons (Fsp3) is 0.647. The van der Waals surface area contributed by atoms with Gasteiger partial charge in [-0.3, -0.25) is 9.17 Å². The molecule has 26 heavy (non-hydrogen) atoms. The molecule has 0 aliphatic carbocycles. The second-order valence-corrected chi connectivity index (χ2v) is 9.31. The van der Waals surface area contributed by atoms with Gasteiger partial charge in [0.15, 0.2) is 0 Å². The van der Waals surface area contributed by atoms with E-state index in [4.69, 9.17) is 20.5 Å². The molecule has 1 aromatic heterocycles. The SMILES string of the molecule is CC(CNC(=O)OC(C)(C)C)Cc1ncc(Cl)cc1CCOS(C)(=O)=O. The molecule has 1 rings (SSSR count). The standard InChI is InChI=1S/C17H27ClN2O5S/c1-12(10-20-16(21)25-17(2,3)4)8-15-13(9-14(18)11-19-15)6-7-24-26(5,22)23/h9,11-12H,6-8,10H2,1-5H3,(H,20,21). The van der Waals surface area contributed by atoms with Gasteiger partial charge in [-0.15, -0.1) is 0 Å². The fourth-order valence-electron chi connectivity index (χ4n) is 2.19. The summed E-state index contributed by atoms with van der Waals surface area (Å²) in [6.45, 7) is 7.84. The Labute approximate surface area is 160 Å². The van der Waals surface area contributed by atoms with Gasteiger partial charge in [-0.2, -0.15) is 8.42 Å². The number of amides is 1. The Morgan fingerprint density at radius 1 is 1.38 bits per heavy atom. The van der Waals surface area contributed by atoms with Crippen LogP contribution in [0.3, 0.4) is 0 Å². The summed E-state index contributed by atoms with van der Waals surface area (Å²) in [5, 5.41) is 3.21. The molecule has 1 unspecified atom stereocenters. The van der Waals surface area contributed by atoms with Crippen LogP contribution in [-0.2, 0) is 31.9 Å². The lowest BCUT2D eigenvalue weighted by Gasteiger charge is -2.21. The van der Waals surface area contributed by atoms with Crippen LogP contribution in [0.25, 0.3) is 0 Å². The van der Waals surface area contributed by atoms with Crippen LogP contribution in [0.1, 0.15) is 39.0 Å². The molecule has 0 aromatic carbocycles. The zero-order valence-corrected chi connectivity index (χ0v) is 17.4. The predicted molar refractivity (Wildman–Crippen MR) is 101 cm³/mol. The number of halogens is 1. The number of carbonyl (C=O) groups excluding carboxylic acids is 1. The molecule has 1 aromatic rings. The zero-order valence-electron chi connectivity index (χ0n) is 15.8. The van der Waals surface area contributed by atoms with Gasteiger partial charge in [-0.25, -0.2) is 4.79 Å². The maximum Gasteiger partial charge on any atom is 0.407 e. The quantitative estimate of drug-likeness (QED) is 0.667. The molecule has 148 valence electrons. The second-order valence-electron chi connectivity index (χ2n) is 7.23. The van der Waals surface area contributed by atoms with Crippen LogP contribution in [0.2, 0.25) is 5.02 Å². The van der Waals surface area contributed by atoms with Gasteiger partial charge >= 0.3 is 6.09 Å². The highest BCUT2D eigenvalue weighted by molar-refractivity contribution is 7.85. The molecule has 0 aliphatic rings. The minimum absolute atomic E-state index is 0.0262. The van der Waals surface area contributed by atoms with Crippen molar-refractivity contribution in [1.29, 1.82) is 0 Å². The Kier molecular flexibility index (Phi) is 8.30. The number of nitrogens with one attached hydrogen (secondary N) is 1. The van der Waals surface area contributed by atoms with Gasteiger partial charge in [-0.05, 0) is 51.2 Å². The second kappa shape index (κ2) is 9.53. The summed E-state index contributed by atoms with van der Waals surface area (Å²) in [5.74, 6) is 0.103. The summed E-state index contributed by atoms with van der Waals surface area (Å²) in [7, 11) is -3.49. The third-order valence-electron chi connectivity index (χ3n) is 3.23. The van der Waals surface area contributed by atoms with Crippen molar-refractivity contribution in [2.24, 2.45) is 5.92 Å². The van der Waals surface area contributed by atoms with E-state index in [9.17, 15) is 13.2 Å². The maximum atomic E-state index is 11.7. The molecule has 1 atom stereocenters. The largest absolute Gasteiger partial charge is 0.444 e. The van der Waals surface area contributed by atoms with Crippen LogP contribution in [0.15, 0.2) is 12.3 Å². The van der Waals surface area contributed by atoms with Crippen LogP contribution in [0.4, 0.5) is 4.79 Å². The molecule has 1 amide bonds. The Bertz CT molecular complexity index is 716. The summed E-state index contributed by atoms with van der Waals surface area (Å²) in [5.41, 5.74) is 1.08. The lowest BCUT2D eigenvalue weighted by molar-refractivity contribution is 0.0520. The van der Waals surface area contributed by atoms with Gasteiger partial charge < -0.3 is 10.1 Å².